The molecule has 0 spiro atoms. The molecule has 9 heteroatoms. The Morgan fingerprint density at radius 2 is 1.83 bits per heavy atom. The first-order valence-corrected chi connectivity index (χ1v) is 10.1. The van der Waals surface area contributed by atoms with Crippen molar-refractivity contribution in [3.05, 3.63) is 87.9 Å². The predicted molar refractivity (Wildman–Crippen MR) is 118 cm³/mol. The normalized spacial score (nSPS) is 10.7. The van der Waals surface area contributed by atoms with Gasteiger partial charge in [-0.25, -0.2) is 0 Å². The van der Waals surface area contributed by atoms with Gasteiger partial charge in [-0.15, -0.1) is 0 Å². The van der Waals surface area contributed by atoms with Gasteiger partial charge >= 0.3 is 5.00 Å². The van der Waals surface area contributed by atoms with E-state index in [0.717, 1.165) is 22.6 Å². The zero-order valence-electron chi connectivity index (χ0n) is 15.5. The molecule has 7 nitrogen and oxygen atoms in total. The molecule has 2 heterocycles. The van der Waals surface area contributed by atoms with Gasteiger partial charge in [0.15, 0.2) is 0 Å². The van der Waals surface area contributed by atoms with E-state index >= 15 is 0 Å². The van der Waals surface area contributed by atoms with Gasteiger partial charge in [-0.3, -0.25) is 14.9 Å². The summed E-state index contributed by atoms with van der Waals surface area (Å²) in [5, 5.41) is 19.2. The zero-order valence-corrected chi connectivity index (χ0v) is 17.1. The van der Waals surface area contributed by atoms with Crippen LogP contribution in [0.1, 0.15) is 4.79 Å². The van der Waals surface area contributed by atoms with E-state index in [1.54, 1.807) is 36.4 Å². The predicted octanol–water partition coefficient (Wildman–Crippen LogP) is 5.59. The van der Waals surface area contributed by atoms with Gasteiger partial charge < -0.3 is 5.32 Å². The number of benzene rings is 2. The molecule has 0 fully saturated rings. The van der Waals surface area contributed by atoms with Crippen LogP contribution < -0.4 is 5.32 Å². The standard InChI is InChI=1S/C21H15ClN4O3S/c22-15-6-8-16(9-7-15)23-13-20(27)25-18(14-4-2-1-3-5-14)12-17(24-25)19-10-11-21(30-19)26(28)29/h1-12,23H,13H2. The van der Waals surface area contributed by atoms with Crippen LogP contribution in [0.2, 0.25) is 5.02 Å². The molecule has 1 N–H and O–H groups in total. The SMILES string of the molecule is O=C(CNc1ccc(Cl)cc1)n1nc(-c2ccc([N+](=O)[O-])s2)cc1-c1ccccc1. The third-order valence-electron chi connectivity index (χ3n) is 4.33. The molecule has 0 aliphatic rings. The van der Waals surface area contributed by atoms with Crippen LogP contribution in [-0.4, -0.2) is 27.2 Å². The molecule has 4 aromatic rings. The number of halogens is 1. The van der Waals surface area contributed by atoms with Crippen molar-refractivity contribution in [3.8, 4) is 21.8 Å². The first-order chi connectivity index (χ1) is 14.5. The molecular weight excluding hydrogens is 424 g/mol. The number of aromatic nitrogens is 2. The molecule has 4 rings (SSSR count). The van der Waals surface area contributed by atoms with Crippen LogP contribution >= 0.6 is 22.9 Å². The van der Waals surface area contributed by atoms with E-state index in [1.807, 2.05) is 30.3 Å². The second kappa shape index (κ2) is 8.48. The Morgan fingerprint density at radius 1 is 1.10 bits per heavy atom. The number of nitrogens with zero attached hydrogens (tertiary/aromatic N) is 3. The Labute approximate surface area is 180 Å². The molecule has 150 valence electrons. The van der Waals surface area contributed by atoms with Gasteiger partial charge in [-0.05, 0) is 36.4 Å². The molecule has 2 aromatic carbocycles. The van der Waals surface area contributed by atoms with E-state index < -0.39 is 4.92 Å². The minimum atomic E-state index is -0.440. The molecule has 0 saturated heterocycles. The van der Waals surface area contributed by atoms with E-state index in [1.165, 1.54) is 10.7 Å². The number of thiophene rings is 1. The number of carbonyl (C=O) groups is 1. The maximum atomic E-state index is 12.9. The highest BCUT2D eigenvalue weighted by molar-refractivity contribution is 7.18. The second-order valence-electron chi connectivity index (χ2n) is 6.34. The molecule has 0 saturated carbocycles. The van der Waals surface area contributed by atoms with Crippen molar-refractivity contribution in [2.75, 3.05) is 11.9 Å². The quantitative estimate of drug-likeness (QED) is 0.313. The Balaban J connectivity index is 1.66. The summed E-state index contributed by atoms with van der Waals surface area (Å²) in [5.74, 6) is -0.263. The van der Waals surface area contributed by atoms with Gasteiger partial charge in [-0.1, -0.05) is 53.3 Å². The van der Waals surface area contributed by atoms with E-state index in [0.29, 0.717) is 21.3 Å². The van der Waals surface area contributed by atoms with Gasteiger partial charge in [0.2, 0.25) is 0 Å². The smallest absolute Gasteiger partial charge is 0.324 e. The molecule has 0 bridgehead atoms. The molecule has 0 unspecified atom stereocenters. The Kier molecular flexibility index (Phi) is 5.60. The highest BCUT2D eigenvalue weighted by atomic mass is 35.5. The summed E-state index contributed by atoms with van der Waals surface area (Å²) < 4.78 is 1.33. The summed E-state index contributed by atoms with van der Waals surface area (Å²) >= 11 is 6.91. The van der Waals surface area contributed by atoms with Crippen molar-refractivity contribution in [3.63, 3.8) is 0 Å². The summed E-state index contributed by atoms with van der Waals surface area (Å²) in [6.45, 7) is 0.0210. The monoisotopic (exact) mass is 438 g/mol. The number of hydrogen-bond acceptors (Lipinski definition) is 6. The highest BCUT2D eigenvalue weighted by Crippen LogP contribution is 2.34. The average Bonchev–Trinajstić information content (AvgIpc) is 3.41. The third-order valence-corrected chi connectivity index (χ3v) is 5.64. The fourth-order valence-corrected chi connectivity index (χ4v) is 3.79. The topological polar surface area (TPSA) is 90.1 Å². The lowest BCUT2D eigenvalue weighted by atomic mass is 10.1. The van der Waals surface area contributed by atoms with Crippen LogP contribution in [0.25, 0.3) is 21.8 Å². The van der Waals surface area contributed by atoms with E-state index in [2.05, 4.69) is 10.4 Å². The highest BCUT2D eigenvalue weighted by Gasteiger charge is 2.19. The largest absolute Gasteiger partial charge is 0.376 e. The lowest BCUT2D eigenvalue weighted by Gasteiger charge is -2.08. The fourth-order valence-electron chi connectivity index (χ4n) is 2.89. The minimum absolute atomic E-state index is 0.0210. The van der Waals surface area contributed by atoms with Gasteiger partial charge in [0.1, 0.15) is 5.69 Å². The van der Waals surface area contributed by atoms with Crippen molar-refractivity contribution in [2.45, 2.75) is 0 Å². The lowest BCUT2D eigenvalue weighted by Crippen LogP contribution is -2.22. The summed E-state index contributed by atoms with van der Waals surface area (Å²) in [4.78, 5) is 24.1. The number of carbonyl (C=O) groups excluding carboxylic acids is 1. The van der Waals surface area contributed by atoms with Crippen molar-refractivity contribution in [1.82, 2.24) is 9.78 Å². The molecule has 0 amide bonds. The maximum Gasteiger partial charge on any atom is 0.324 e. The van der Waals surface area contributed by atoms with Crippen LogP contribution in [-0.2, 0) is 0 Å². The zero-order chi connectivity index (χ0) is 21.1. The van der Waals surface area contributed by atoms with E-state index in [-0.39, 0.29) is 17.5 Å². The fraction of sp³-hybridized carbons (Fsp3) is 0.0476. The molecule has 0 radical (unpaired) electrons. The van der Waals surface area contributed by atoms with Gasteiger partial charge in [-0.2, -0.15) is 9.78 Å². The van der Waals surface area contributed by atoms with Crippen molar-refractivity contribution in [1.29, 1.82) is 0 Å². The average molecular weight is 439 g/mol. The second-order valence-corrected chi connectivity index (χ2v) is 7.84. The van der Waals surface area contributed by atoms with Crippen LogP contribution in [0, 0.1) is 10.1 Å². The van der Waals surface area contributed by atoms with Crippen LogP contribution in [0.5, 0.6) is 0 Å². The maximum absolute atomic E-state index is 12.9. The van der Waals surface area contributed by atoms with E-state index in [4.69, 9.17) is 11.6 Å². The molecular formula is C21H15ClN4O3S. The number of anilines is 1. The van der Waals surface area contributed by atoms with Crippen LogP contribution in [0.3, 0.4) is 0 Å². The molecule has 2 aromatic heterocycles. The number of nitrogens with one attached hydrogen (secondary N) is 1. The lowest BCUT2D eigenvalue weighted by molar-refractivity contribution is -0.380. The van der Waals surface area contributed by atoms with Crippen molar-refractivity contribution >= 4 is 39.5 Å². The number of rotatable bonds is 6. The van der Waals surface area contributed by atoms with Crippen LogP contribution in [0.15, 0.2) is 72.8 Å². The summed E-state index contributed by atoms with van der Waals surface area (Å²) in [6.07, 6.45) is 0. The summed E-state index contributed by atoms with van der Waals surface area (Å²) in [5.41, 5.74) is 2.70. The molecule has 30 heavy (non-hydrogen) atoms. The van der Waals surface area contributed by atoms with Crippen molar-refractivity contribution < 1.29 is 9.72 Å². The Hall–Kier alpha value is -3.49. The van der Waals surface area contributed by atoms with E-state index in [9.17, 15) is 14.9 Å². The number of hydrogen-bond donors (Lipinski definition) is 1. The Bertz CT molecular complexity index is 1200. The van der Waals surface area contributed by atoms with Crippen molar-refractivity contribution in [2.24, 2.45) is 0 Å². The first-order valence-electron chi connectivity index (χ1n) is 8.94. The Morgan fingerprint density at radius 3 is 2.50 bits per heavy atom. The first kappa shape index (κ1) is 19.8. The summed E-state index contributed by atoms with van der Waals surface area (Å²) in [7, 11) is 0. The number of nitro groups is 1. The molecule has 0 aliphatic carbocycles. The minimum Gasteiger partial charge on any atom is -0.376 e. The van der Waals surface area contributed by atoms with Gasteiger partial charge in [0.05, 0.1) is 22.0 Å². The van der Waals surface area contributed by atoms with Gasteiger partial charge in [0.25, 0.3) is 5.91 Å². The molecule has 0 aliphatic heterocycles. The molecule has 0 atom stereocenters. The third kappa shape index (κ3) is 4.24. The van der Waals surface area contributed by atoms with Gasteiger partial charge in [0, 0.05) is 22.3 Å². The summed E-state index contributed by atoms with van der Waals surface area (Å²) in [6, 6.07) is 21.3. The van der Waals surface area contributed by atoms with Crippen LogP contribution in [0.4, 0.5) is 10.7 Å².